The number of amides is 1. The monoisotopic (exact) mass is 346 g/mol. The van der Waals surface area contributed by atoms with Gasteiger partial charge in [0.05, 0.1) is 6.20 Å². The molecule has 0 N–H and O–H groups in total. The van der Waals surface area contributed by atoms with Crippen molar-refractivity contribution >= 4 is 17.5 Å². The van der Waals surface area contributed by atoms with Crippen LogP contribution in [0.5, 0.6) is 0 Å². The van der Waals surface area contributed by atoms with Crippen LogP contribution in [-0.2, 0) is 11.2 Å². The molecule has 0 unspecified atom stereocenters. The lowest BCUT2D eigenvalue weighted by Gasteiger charge is -2.20. The van der Waals surface area contributed by atoms with Gasteiger partial charge in [-0.3, -0.25) is 4.79 Å². The molecule has 128 valence electrons. The maximum atomic E-state index is 12.4. The number of oxazole rings is 1. The summed E-state index contributed by atoms with van der Waals surface area (Å²) in [5, 5.41) is 0.691. The zero-order chi connectivity index (χ0) is 16.9. The molecule has 1 atom stereocenters. The van der Waals surface area contributed by atoms with Gasteiger partial charge in [0, 0.05) is 36.5 Å². The van der Waals surface area contributed by atoms with Gasteiger partial charge in [0.2, 0.25) is 5.91 Å². The van der Waals surface area contributed by atoms with Crippen molar-refractivity contribution in [3.05, 3.63) is 41.4 Å². The van der Waals surface area contributed by atoms with Crippen LogP contribution in [0.25, 0.3) is 11.3 Å². The molecule has 1 amide bonds. The van der Waals surface area contributed by atoms with Gasteiger partial charge in [-0.15, -0.1) is 0 Å². The van der Waals surface area contributed by atoms with Crippen molar-refractivity contribution in [2.24, 2.45) is 5.92 Å². The lowest BCUT2D eigenvalue weighted by atomic mass is 10.0. The third-order valence-electron chi connectivity index (χ3n) is 4.60. The third kappa shape index (κ3) is 4.38. The van der Waals surface area contributed by atoms with E-state index < -0.39 is 0 Å². The van der Waals surface area contributed by atoms with Gasteiger partial charge in [-0.2, -0.15) is 0 Å². The minimum Gasteiger partial charge on any atom is -0.441 e. The molecule has 4 nitrogen and oxygen atoms in total. The fraction of sp³-hybridized carbons (Fsp3) is 0.474. The topological polar surface area (TPSA) is 46.3 Å². The molecule has 24 heavy (non-hydrogen) atoms. The Morgan fingerprint density at radius 2 is 2.08 bits per heavy atom. The molecule has 0 spiro atoms. The molecule has 5 heteroatoms. The molecule has 1 aromatic carbocycles. The van der Waals surface area contributed by atoms with Crippen LogP contribution in [-0.4, -0.2) is 28.9 Å². The van der Waals surface area contributed by atoms with Gasteiger partial charge in [0.15, 0.2) is 11.7 Å². The largest absolute Gasteiger partial charge is 0.441 e. The predicted molar refractivity (Wildman–Crippen MR) is 94.9 cm³/mol. The Labute approximate surface area is 147 Å². The Morgan fingerprint density at radius 1 is 1.29 bits per heavy atom. The Balaban J connectivity index is 1.55. The minimum atomic E-state index is 0.204. The fourth-order valence-corrected chi connectivity index (χ4v) is 3.18. The molecule has 1 aromatic heterocycles. The number of aryl methyl sites for hydroxylation is 1. The number of aromatic nitrogens is 1. The SMILES string of the molecule is C[C@@H]1CCCN(C(=O)CCc2ncc(-c3ccc(Cl)cc3)o2)CC1. The van der Waals surface area contributed by atoms with Gasteiger partial charge in [-0.1, -0.05) is 18.5 Å². The molecule has 1 aliphatic rings. The lowest BCUT2D eigenvalue weighted by Crippen LogP contribution is -2.32. The maximum absolute atomic E-state index is 12.4. The number of benzene rings is 1. The second-order valence-corrected chi connectivity index (χ2v) is 6.98. The van der Waals surface area contributed by atoms with Crippen LogP contribution in [0.15, 0.2) is 34.9 Å². The number of carbonyl (C=O) groups is 1. The van der Waals surface area contributed by atoms with Gasteiger partial charge in [0.1, 0.15) is 0 Å². The minimum absolute atomic E-state index is 0.204. The van der Waals surface area contributed by atoms with Crippen molar-refractivity contribution in [2.45, 2.75) is 39.0 Å². The van der Waals surface area contributed by atoms with Crippen LogP contribution in [0.2, 0.25) is 5.02 Å². The van der Waals surface area contributed by atoms with E-state index in [9.17, 15) is 4.79 Å². The number of rotatable bonds is 4. The molecule has 1 fully saturated rings. The second kappa shape index (κ2) is 7.84. The summed E-state index contributed by atoms with van der Waals surface area (Å²) in [7, 11) is 0. The van der Waals surface area contributed by atoms with Crippen LogP contribution in [0, 0.1) is 5.92 Å². The highest BCUT2D eigenvalue weighted by Crippen LogP contribution is 2.23. The van der Waals surface area contributed by atoms with Crippen LogP contribution in [0.4, 0.5) is 0 Å². The number of hydrogen-bond acceptors (Lipinski definition) is 3. The normalized spacial score (nSPS) is 18.4. The van der Waals surface area contributed by atoms with Crippen LogP contribution in [0.3, 0.4) is 0 Å². The van der Waals surface area contributed by atoms with Crippen LogP contribution in [0.1, 0.15) is 38.5 Å². The Hall–Kier alpha value is -1.81. The predicted octanol–water partition coefficient (Wildman–Crippen LogP) is 4.58. The summed E-state index contributed by atoms with van der Waals surface area (Å²) >= 11 is 5.89. The van der Waals surface area contributed by atoms with E-state index in [0.717, 1.165) is 37.4 Å². The van der Waals surface area contributed by atoms with Crippen molar-refractivity contribution in [3.63, 3.8) is 0 Å². The first-order chi connectivity index (χ1) is 11.6. The zero-order valence-corrected chi connectivity index (χ0v) is 14.8. The quantitative estimate of drug-likeness (QED) is 0.814. The van der Waals surface area contributed by atoms with E-state index in [1.54, 1.807) is 6.20 Å². The lowest BCUT2D eigenvalue weighted by molar-refractivity contribution is -0.131. The van der Waals surface area contributed by atoms with Gasteiger partial charge in [-0.05, 0) is 49.4 Å². The van der Waals surface area contributed by atoms with E-state index in [1.165, 1.54) is 6.42 Å². The molecule has 3 rings (SSSR count). The summed E-state index contributed by atoms with van der Waals surface area (Å²) in [5.74, 6) is 2.24. The smallest absolute Gasteiger partial charge is 0.223 e. The molecule has 0 bridgehead atoms. The summed E-state index contributed by atoms with van der Waals surface area (Å²) in [5.41, 5.74) is 0.936. The molecule has 0 saturated carbocycles. The van der Waals surface area contributed by atoms with Crippen molar-refractivity contribution in [3.8, 4) is 11.3 Å². The molecule has 0 radical (unpaired) electrons. The average molecular weight is 347 g/mol. The third-order valence-corrected chi connectivity index (χ3v) is 4.86. The summed E-state index contributed by atoms with van der Waals surface area (Å²) in [4.78, 5) is 18.7. The van der Waals surface area contributed by atoms with Crippen LogP contribution >= 0.6 is 11.6 Å². The number of halogens is 1. The van der Waals surface area contributed by atoms with Gasteiger partial charge >= 0.3 is 0 Å². The van der Waals surface area contributed by atoms with Crippen molar-refractivity contribution < 1.29 is 9.21 Å². The molecular weight excluding hydrogens is 324 g/mol. The first-order valence-electron chi connectivity index (χ1n) is 8.60. The first kappa shape index (κ1) is 17.0. The van der Waals surface area contributed by atoms with E-state index in [4.69, 9.17) is 16.0 Å². The van der Waals surface area contributed by atoms with E-state index in [1.807, 2.05) is 29.2 Å². The molecule has 1 saturated heterocycles. The highest BCUT2D eigenvalue weighted by Gasteiger charge is 2.19. The number of carbonyl (C=O) groups excluding carboxylic acids is 1. The molecule has 2 heterocycles. The molecule has 0 aliphatic carbocycles. The average Bonchev–Trinajstić information content (AvgIpc) is 2.94. The van der Waals surface area contributed by atoms with Crippen LogP contribution < -0.4 is 0 Å². The highest BCUT2D eigenvalue weighted by molar-refractivity contribution is 6.30. The molecule has 1 aliphatic heterocycles. The van der Waals surface area contributed by atoms with E-state index in [2.05, 4.69) is 11.9 Å². The highest BCUT2D eigenvalue weighted by atomic mass is 35.5. The summed E-state index contributed by atoms with van der Waals surface area (Å²) in [6.07, 6.45) is 6.12. The van der Waals surface area contributed by atoms with Gasteiger partial charge in [0.25, 0.3) is 0 Å². The maximum Gasteiger partial charge on any atom is 0.223 e. The zero-order valence-electron chi connectivity index (χ0n) is 14.0. The first-order valence-corrected chi connectivity index (χ1v) is 8.98. The van der Waals surface area contributed by atoms with Crippen molar-refractivity contribution in [1.29, 1.82) is 0 Å². The summed E-state index contributed by atoms with van der Waals surface area (Å²) < 4.78 is 5.76. The van der Waals surface area contributed by atoms with E-state index in [0.29, 0.717) is 29.5 Å². The van der Waals surface area contributed by atoms with Crippen molar-refractivity contribution in [1.82, 2.24) is 9.88 Å². The second-order valence-electron chi connectivity index (χ2n) is 6.54. The standard InChI is InChI=1S/C19H23ClN2O2/c1-14-3-2-11-22(12-10-14)19(23)9-8-18-21-13-17(24-18)15-4-6-16(20)7-5-15/h4-7,13-14H,2-3,8-12H2,1H3/t14-/m1/s1. The molecular formula is C19H23ClN2O2. The number of hydrogen-bond donors (Lipinski definition) is 0. The Morgan fingerprint density at radius 3 is 2.88 bits per heavy atom. The van der Waals surface area contributed by atoms with Gasteiger partial charge < -0.3 is 9.32 Å². The number of nitrogens with zero attached hydrogens (tertiary/aromatic N) is 2. The Kier molecular flexibility index (Phi) is 5.56. The van der Waals surface area contributed by atoms with Crippen molar-refractivity contribution in [2.75, 3.05) is 13.1 Å². The Bertz CT molecular complexity index is 681. The summed E-state index contributed by atoms with van der Waals surface area (Å²) in [6.45, 7) is 4.02. The van der Waals surface area contributed by atoms with E-state index in [-0.39, 0.29) is 5.91 Å². The van der Waals surface area contributed by atoms with E-state index >= 15 is 0 Å². The summed E-state index contributed by atoms with van der Waals surface area (Å²) in [6, 6.07) is 7.44. The van der Waals surface area contributed by atoms with Gasteiger partial charge in [-0.25, -0.2) is 4.98 Å². The molecule has 2 aromatic rings. The fourth-order valence-electron chi connectivity index (χ4n) is 3.06. The number of likely N-dealkylation sites (tertiary alicyclic amines) is 1.